The van der Waals surface area contributed by atoms with Gasteiger partial charge >= 0.3 is 0 Å². The first-order chi connectivity index (χ1) is 14.3. The number of hydrogen-bond acceptors (Lipinski definition) is 3. The van der Waals surface area contributed by atoms with E-state index in [0.29, 0.717) is 41.9 Å². The molecule has 0 spiro atoms. The lowest BCUT2D eigenvalue weighted by molar-refractivity contribution is 0.0862. The van der Waals surface area contributed by atoms with E-state index in [0.717, 1.165) is 17.6 Å². The first kappa shape index (κ1) is 22.0. The predicted octanol–water partition coefficient (Wildman–Crippen LogP) is 5.09. The van der Waals surface area contributed by atoms with Crippen molar-refractivity contribution < 1.29 is 15.3 Å². The Kier molecular flexibility index (Phi) is 6.44. The summed E-state index contributed by atoms with van der Waals surface area (Å²) in [5, 5.41) is 30.4. The maximum atomic E-state index is 10.2. The van der Waals surface area contributed by atoms with Crippen molar-refractivity contribution in [1.82, 2.24) is 0 Å². The molecular weight excluding hydrogens is 372 g/mol. The van der Waals surface area contributed by atoms with Crippen LogP contribution in [-0.2, 0) is 0 Å². The van der Waals surface area contributed by atoms with Crippen molar-refractivity contribution in [2.75, 3.05) is 0 Å². The van der Waals surface area contributed by atoms with Gasteiger partial charge in [-0.05, 0) is 91.6 Å². The predicted molar refractivity (Wildman–Crippen MR) is 122 cm³/mol. The van der Waals surface area contributed by atoms with Crippen molar-refractivity contribution in [2.24, 2.45) is 29.1 Å². The summed E-state index contributed by atoms with van der Waals surface area (Å²) in [5.41, 5.74) is 3.63. The summed E-state index contributed by atoms with van der Waals surface area (Å²) in [7, 11) is 0. The van der Waals surface area contributed by atoms with Crippen LogP contribution in [0.1, 0.15) is 71.6 Å². The fourth-order valence-electron chi connectivity index (χ4n) is 6.63. The van der Waals surface area contributed by atoms with Crippen LogP contribution >= 0.6 is 0 Å². The molecule has 0 saturated heterocycles. The van der Waals surface area contributed by atoms with Crippen LogP contribution in [0.15, 0.2) is 47.6 Å². The van der Waals surface area contributed by atoms with E-state index < -0.39 is 12.2 Å². The third kappa shape index (κ3) is 4.40. The van der Waals surface area contributed by atoms with Crippen LogP contribution < -0.4 is 0 Å². The molecule has 0 aromatic heterocycles. The van der Waals surface area contributed by atoms with Gasteiger partial charge in [-0.25, -0.2) is 0 Å². The van der Waals surface area contributed by atoms with E-state index >= 15 is 0 Å². The number of rotatable bonds is 5. The van der Waals surface area contributed by atoms with Crippen LogP contribution in [0.4, 0.5) is 0 Å². The lowest BCUT2D eigenvalue weighted by Gasteiger charge is -2.44. The zero-order valence-electron chi connectivity index (χ0n) is 18.8. The van der Waals surface area contributed by atoms with Crippen LogP contribution in [0.3, 0.4) is 0 Å². The molecule has 3 N–H and O–H groups in total. The standard InChI is InChI=1S/C27H40O3/c1-17(6-13-25(29)20-8-9-20)23-11-12-24-19(5-4-14-27(23,24)3)7-10-21-15-22(28)16-26(30)18(21)2/h6-7,10,13,17,20,22-26,28-30H,2,4-5,8-9,11-12,14-16H2,1,3H3/b13-6+,19-7?,21-10?/t17-,22-,23-,24-,25?,26-,27-/m1/s1. The summed E-state index contributed by atoms with van der Waals surface area (Å²) < 4.78 is 0. The Morgan fingerprint density at radius 2 is 1.87 bits per heavy atom. The molecule has 3 nitrogen and oxygen atoms in total. The lowest BCUT2D eigenvalue weighted by Crippen LogP contribution is -2.35. The lowest BCUT2D eigenvalue weighted by atomic mass is 9.61. The van der Waals surface area contributed by atoms with Crippen LogP contribution in [0, 0.1) is 29.1 Å². The van der Waals surface area contributed by atoms with Gasteiger partial charge in [0.05, 0.1) is 18.3 Å². The highest BCUT2D eigenvalue weighted by Gasteiger charge is 2.50. The summed E-state index contributed by atoms with van der Waals surface area (Å²) in [5.74, 6) is 2.28. The highest BCUT2D eigenvalue weighted by atomic mass is 16.3. The summed E-state index contributed by atoms with van der Waals surface area (Å²) in [6.45, 7) is 8.88. The number of aliphatic hydroxyl groups is 3. The Morgan fingerprint density at radius 1 is 1.10 bits per heavy atom. The van der Waals surface area contributed by atoms with Gasteiger partial charge in [-0.3, -0.25) is 0 Å². The molecule has 4 fully saturated rings. The van der Waals surface area contributed by atoms with E-state index in [1.165, 1.54) is 44.1 Å². The summed E-state index contributed by atoms with van der Waals surface area (Å²) in [6.07, 6.45) is 16.9. The summed E-state index contributed by atoms with van der Waals surface area (Å²) in [4.78, 5) is 0. The van der Waals surface area contributed by atoms with Crippen LogP contribution in [0.2, 0.25) is 0 Å². The molecule has 4 rings (SSSR count). The fraction of sp³-hybridized carbons (Fsp3) is 0.704. The second-order valence-corrected chi connectivity index (χ2v) is 10.7. The molecule has 0 aromatic carbocycles. The highest BCUT2D eigenvalue weighted by Crippen LogP contribution is 2.59. The number of fused-ring (bicyclic) bond motifs is 1. The molecule has 30 heavy (non-hydrogen) atoms. The Labute approximate surface area is 182 Å². The zero-order chi connectivity index (χ0) is 21.5. The van der Waals surface area contributed by atoms with Gasteiger partial charge < -0.3 is 15.3 Å². The number of hydrogen-bond donors (Lipinski definition) is 3. The van der Waals surface area contributed by atoms with E-state index in [4.69, 9.17) is 0 Å². The largest absolute Gasteiger partial charge is 0.393 e. The van der Waals surface area contributed by atoms with Crippen molar-refractivity contribution in [3.05, 3.63) is 47.6 Å². The number of aliphatic hydroxyl groups excluding tert-OH is 3. The molecule has 0 bridgehead atoms. The first-order valence-electron chi connectivity index (χ1n) is 12.1. The average Bonchev–Trinajstić information content (AvgIpc) is 3.49. The minimum absolute atomic E-state index is 0.250. The van der Waals surface area contributed by atoms with E-state index in [9.17, 15) is 15.3 Å². The van der Waals surface area contributed by atoms with Gasteiger partial charge in [0, 0.05) is 6.42 Å². The molecule has 4 aliphatic carbocycles. The van der Waals surface area contributed by atoms with E-state index in [2.05, 4.69) is 44.7 Å². The minimum Gasteiger partial charge on any atom is -0.393 e. The maximum Gasteiger partial charge on any atom is 0.0811 e. The molecule has 0 aliphatic heterocycles. The second kappa shape index (κ2) is 8.76. The van der Waals surface area contributed by atoms with Crippen molar-refractivity contribution >= 4 is 0 Å². The normalized spacial score (nSPS) is 42.1. The third-order valence-corrected chi connectivity index (χ3v) is 8.65. The Balaban J connectivity index is 1.48. The Morgan fingerprint density at radius 3 is 2.60 bits per heavy atom. The van der Waals surface area contributed by atoms with Gasteiger partial charge in [0.2, 0.25) is 0 Å². The van der Waals surface area contributed by atoms with Crippen molar-refractivity contribution in [3.8, 4) is 0 Å². The van der Waals surface area contributed by atoms with Crippen LogP contribution in [0.5, 0.6) is 0 Å². The molecule has 4 aliphatic rings. The van der Waals surface area contributed by atoms with E-state index in [-0.39, 0.29) is 6.10 Å². The van der Waals surface area contributed by atoms with Gasteiger partial charge in [0.25, 0.3) is 0 Å². The zero-order valence-corrected chi connectivity index (χ0v) is 18.8. The number of allylic oxidation sites excluding steroid dienone is 4. The molecular formula is C27H40O3. The maximum absolute atomic E-state index is 10.2. The molecule has 1 unspecified atom stereocenters. The molecule has 4 saturated carbocycles. The first-order valence-corrected chi connectivity index (χ1v) is 12.1. The van der Waals surface area contributed by atoms with Gasteiger partial charge in [0.15, 0.2) is 0 Å². The van der Waals surface area contributed by atoms with Crippen LogP contribution in [0.25, 0.3) is 0 Å². The molecule has 0 heterocycles. The minimum atomic E-state index is -0.621. The average molecular weight is 413 g/mol. The monoisotopic (exact) mass is 412 g/mol. The molecule has 0 aromatic rings. The molecule has 166 valence electrons. The molecule has 3 heteroatoms. The highest BCUT2D eigenvalue weighted by molar-refractivity contribution is 5.38. The van der Waals surface area contributed by atoms with Crippen molar-refractivity contribution in [3.63, 3.8) is 0 Å². The van der Waals surface area contributed by atoms with Crippen LogP contribution in [-0.4, -0.2) is 33.6 Å². The second-order valence-electron chi connectivity index (χ2n) is 10.7. The Hall–Kier alpha value is -1.16. The summed E-state index contributed by atoms with van der Waals surface area (Å²) in [6, 6.07) is 0. The third-order valence-electron chi connectivity index (χ3n) is 8.65. The van der Waals surface area contributed by atoms with Gasteiger partial charge in [-0.2, -0.15) is 0 Å². The van der Waals surface area contributed by atoms with Gasteiger partial charge in [-0.1, -0.05) is 50.3 Å². The van der Waals surface area contributed by atoms with E-state index in [1.54, 1.807) is 0 Å². The quantitative estimate of drug-likeness (QED) is 0.551. The van der Waals surface area contributed by atoms with E-state index in [1.807, 2.05) is 0 Å². The fourth-order valence-corrected chi connectivity index (χ4v) is 6.63. The smallest absolute Gasteiger partial charge is 0.0811 e. The Bertz CT molecular complexity index is 743. The molecule has 0 amide bonds. The molecule has 7 atom stereocenters. The van der Waals surface area contributed by atoms with Gasteiger partial charge in [0.1, 0.15) is 0 Å². The summed E-state index contributed by atoms with van der Waals surface area (Å²) >= 11 is 0. The topological polar surface area (TPSA) is 60.7 Å². The van der Waals surface area contributed by atoms with Gasteiger partial charge in [-0.15, -0.1) is 0 Å². The molecule has 0 radical (unpaired) electrons. The SMILES string of the molecule is C=C1C(=CC=C2CCC[C@@]3(C)[C@@H]2CC[C@@H]3[C@H](C)/C=C/C(O)C2CC2)C[C@@H](O)C[C@H]1O. The van der Waals surface area contributed by atoms with Crippen molar-refractivity contribution in [2.45, 2.75) is 89.9 Å². The van der Waals surface area contributed by atoms with Crippen molar-refractivity contribution in [1.29, 1.82) is 0 Å².